The van der Waals surface area contributed by atoms with E-state index in [-0.39, 0.29) is 5.91 Å². The van der Waals surface area contributed by atoms with Crippen LogP contribution in [0.4, 0.5) is 0 Å². The fourth-order valence-electron chi connectivity index (χ4n) is 3.23. The second-order valence-electron chi connectivity index (χ2n) is 6.17. The summed E-state index contributed by atoms with van der Waals surface area (Å²) in [4.78, 5) is 18.9. The van der Waals surface area contributed by atoms with E-state index < -0.39 is 5.54 Å². The predicted molar refractivity (Wildman–Crippen MR) is 87.3 cm³/mol. The molecule has 1 saturated carbocycles. The summed E-state index contributed by atoms with van der Waals surface area (Å²) in [5, 5.41) is 9.45. The maximum absolute atomic E-state index is 12.9. The Morgan fingerprint density at radius 2 is 2.13 bits per heavy atom. The molecule has 1 aliphatic rings. The van der Waals surface area contributed by atoms with E-state index in [2.05, 4.69) is 11.1 Å². The molecule has 1 aliphatic carbocycles. The number of aryl methyl sites for hydroxylation is 1. The number of rotatable bonds is 3. The van der Waals surface area contributed by atoms with Crippen LogP contribution in [-0.2, 0) is 0 Å². The standard InChI is InChI=1S/C18H20N4O/c1-13-11-15(14(2)22(13)16-7-4-5-10-20-16)17(23)21(3)18(12-19)8-6-9-18/h4-5,7,10-11H,6,8-9H2,1-3H3. The second-order valence-corrected chi connectivity index (χ2v) is 6.17. The molecule has 2 aromatic heterocycles. The third-order valence-electron chi connectivity index (χ3n) is 4.88. The van der Waals surface area contributed by atoms with Gasteiger partial charge >= 0.3 is 0 Å². The maximum atomic E-state index is 12.9. The molecule has 118 valence electrons. The Morgan fingerprint density at radius 1 is 1.39 bits per heavy atom. The third kappa shape index (κ3) is 2.31. The number of aromatic nitrogens is 2. The van der Waals surface area contributed by atoms with Crippen molar-refractivity contribution in [3.8, 4) is 11.9 Å². The Labute approximate surface area is 136 Å². The fourth-order valence-corrected chi connectivity index (χ4v) is 3.23. The molecule has 0 bridgehead atoms. The van der Waals surface area contributed by atoms with Crippen molar-refractivity contribution in [3.63, 3.8) is 0 Å². The molecule has 1 amide bonds. The number of hydrogen-bond donors (Lipinski definition) is 0. The second kappa shape index (κ2) is 5.54. The van der Waals surface area contributed by atoms with Crippen molar-refractivity contribution in [2.75, 3.05) is 7.05 Å². The lowest BCUT2D eigenvalue weighted by Crippen LogP contribution is -2.53. The summed E-state index contributed by atoms with van der Waals surface area (Å²) in [6.07, 6.45) is 4.24. The number of hydrogen-bond acceptors (Lipinski definition) is 3. The molecule has 5 nitrogen and oxygen atoms in total. The van der Waals surface area contributed by atoms with Crippen molar-refractivity contribution < 1.29 is 4.79 Å². The molecule has 2 heterocycles. The van der Waals surface area contributed by atoms with E-state index >= 15 is 0 Å². The first-order chi connectivity index (χ1) is 11.0. The highest BCUT2D eigenvalue weighted by molar-refractivity contribution is 5.96. The van der Waals surface area contributed by atoms with Gasteiger partial charge in [-0.25, -0.2) is 4.98 Å². The number of pyridine rings is 1. The molecule has 0 N–H and O–H groups in total. The van der Waals surface area contributed by atoms with E-state index in [4.69, 9.17) is 0 Å². The molecule has 0 saturated heterocycles. The van der Waals surface area contributed by atoms with Gasteiger partial charge < -0.3 is 9.47 Å². The highest BCUT2D eigenvalue weighted by Gasteiger charge is 2.44. The van der Waals surface area contributed by atoms with E-state index in [1.54, 1.807) is 18.1 Å². The number of carbonyl (C=O) groups excluding carboxylic acids is 1. The van der Waals surface area contributed by atoms with Crippen LogP contribution in [-0.4, -0.2) is 32.9 Å². The Kier molecular flexibility index (Phi) is 3.69. The molecule has 1 fully saturated rings. The number of carbonyl (C=O) groups is 1. The summed E-state index contributed by atoms with van der Waals surface area (Å²) in [6.45, 7) is 3.88. The summed E-state index contributed by atoms with van der Waals surface area (Å²) >= 11 is 0. The van der Waals surface area contributed by atoms with Crippen molar-refractivity contribution in [1.82, 2.24) is 14.5 Å². The fraction of sp³-hybridized carbons (Fsp3) is 0.389. The van der Waals surface area contributed by atoms with Crippen LogP contribution < -0.4 is 0 Å². The van der Waals surface area contributed by atoms with Gasteiger partial charge in [0.25, 0.3) is 5.91 Å². The monoisotopic (exact) mass is 308 g/mol. The first kappa shape index (κ1) is 15.3. The van der Waals surface area contributed by atoms with Gasteiger partial charge in [-0.3, -0.25) is 4.79 Å². The van der Waals surface area contributed by atoms with Crippen LogP contribution in [0.5, 0.6) is 0 Å². The lowest BCUT2D eigenvalue weighted by atomic mass is 9.76. The normalized spacial score (nSPS) is 15.6. The Hall–Kier alpha value is -2.61. The molecule has 0 spiro atoms. The Bertz CT molecular complexity index is 781. The average molecular weight is 308 g/mol. The van der Waals surface area contributed by atoms with Crippen molar-refractivity contribution in [2.24, 2.45) is 0 Å². The lowest BCUT2D eigenvalue weighted by Gasteiger charge is -2.42. The van der Waals surface area contributed by atoms with Gasteiger partial charge in [0.2, 0.25) is 0 Å². The summed E-state index contributed by atoms with van der Waals surface area (Å²) in [5.41, 5.74) is 1.81. The molecule has 23 heavy (non-hydrogen) atoms. The van der Waals surface area contributed by atoms with Gasteiger partial charge in [-0.2, -0.15) is 5.26 Å². The average Bonchev–Trinajstić information content (AvgIpc) is 2.81. The third-order valence-corrected chi connectivity index (χ3v) is 4.88. The minimum atomic E-state index is -0.634. The minimum absolute atomic E-state index is 0.0958. The van der Waals surface area contributed by atoms with Crippen LogP contribution >= 0.6 is 0 Å². The zero-order valence-corrected chi connectivity index (χ0v) is 13.7. The van der Waals surface area contributed by atoms with Gasteiger partial charge in [-0.15, -0.1) is 0 Å². The molecule has 3 rings (SSSR count). The molecule has 5 heteroatoms. The van der Waals surface area contributed by atoms with E-state index in [0.29, 0.717) is 5.56 Å². The largest absolute Gasteiger partial charge is 0.323 e. The van der Waals surface area contributed by atoms with Crippen LogP contribution in [0.1, 0.15) is 41.0 Å². The van der Waals surface area contributed by atoms with Gasteiger partial charge in [-0.1, -0.05) is 6.07 Å². The van der Waals surface area contributed by atoms with Crippen LogP contribution in [0, 0.1) is 25.2 Å². The lowest BCUT2D eigenvalue weighted by molar-refractivity contribution is 0.0497. The Balaban J connectivity index is 1.99. The van der Waals surface area contributed by atoms with Gasteiger partial charge in [0.05, 0.1) is 11.6 Å². The zero-order chi connectivity index (χ0) is 16.6. The molecular weight excluding hydrogens is 288 g/mol. The number of nitrogens with zero attached hydrogens (tertiary/aromatic N) is 4. The van der Waals surface area contributed by atoms with Crippen LogP contribution in [0.25, 0.3) is 5.82 Å². The predicted octanol–water partition coefficient (Wildman–Crippen LogP) is 3.01. The van der Waals surface area contributed by atoms with Gasteiger partial charge in [0.1, 0.15) is 11.4 Å². The topological polar surface area (TPSA) is 61.9 Å². The number of nitriles is 1. The van der Waals surface area contributed by atoms with Crippen LogP contribution in [0.3, 0.4) is 0 Å². The highest BCUT2D eigenvalue weighted by atomic mass is 16.2. The minimum Gasteiger partial charge on any atom is -0.323 e. The molecule has 0 aliphatic heterocycles. The van der Waals surface area contributed by atoms with Crippen molar-refractivity contribution in [1.29, 1.82) is 5.26 Å². The molecule has 0 aromatic carbocycles. The van der Waals surface area contributed by atoms with Gasteiger partial charge in [0.15, 0.2) is 0 Å². The SMILES string of the molecule is Cc1cc(C(=O)N(C)C2(C#N)CCC2)c(C)n1-c1ccccn1. The van der Waals surface area contributed by atoms with Gasteiger partial charge in [-0.05, 0) is 51.3 Å². The van der Waals surface area contributed by atoms with E-state index in [1.165, 1.54) is 0 Å². The van der Waals surface area contributed by atoms with Crippen LogP contribution in [0.2, 0.25) is 0 Å². The molecule has 0 atom stereocenters. The van der Waals surface area contributed by atoms with E-state index in [1.807, 2.05) is 42.7 Å². The molecule has 0 radical (unpaired) electrons. The zero-order valence-electron chi connectivity index (χ0n) is 13.7. The first-order valence-electron chi connectivity index (χ1n) is 7.80. The summed E-state index contributed by atoms with van der Waals surface area (Å²) in [6, 6.07) is 9.91. The van der Waals surface area contributed by atoms with Crippen molar-refractivity contribution in [2.45, 2.75) is 38.6 Å². The van der Waals surface area contributed by atoms with E-state index in [9.17, 15) is 10.1 Å². The molecule has 2 aromatic rings. The summed E-state index contributed by atoms with van der Waals surface area (Å²) < 4.78 is 1.97. The summed E-state index contributed by atoms with van der Waals surface area (Å²) in [5.74, 6) is 0.698. The van der Waals surface area contributed by atoms with Crippen molar-refractivity contribution in [3.05, 3.63) is 47.4 Å². The highest BCUT2D eigenvalue weighted by Crippen LogP contribution is 2.37. The first-order valence-corrected chi connectivity index (χ1v) is 7.80. The quantitative estimate of drug-likeness (QED) is 0.875. The number of amides is 1. The molecule has 0 unspecified atom stereocenters. The van der Waals surface area contributed by atoms with Crippen molar-refractivity contribution >= 4 is 5.91 Å². The van der Waals surface area contributed by atoms with Crippen LogP contribution in [0.15, 0.2) is 30.5 Å². The summed E-state index contributed by atoms with van der Waals surface area (Å²) in [7, 11) is 1.73. The maximum Gasteiger partial charge on any atom is 0.256 e. The van der Waals surface area contributed by atoms with Gasteiger partial charge in [0, 0.05) is 24.6 Å². The molecular formula is C18H20N4O. The Morgan fingerprint density at radius 3 is 2.65 bits per heavy atom. The smallest absolute Gasteiger partial charge is 0.256 e. The van der Waals surface area contributed by atoms with E-state index in [0.717, 1.165) is 36.5 Å².